The highest BCUT2D eigenvalue weighted by molar-refractivity contribution is 14.0. The first-order valence-electron chi connectivity index (χ1n) is 9.84. The molecule has 0 atom stereocenters. The van der Waals surface area contributed by atoms with E-state index < -0.39 is 0 Å². The molecule has 0 amide bonds. The number of para-hydroxylation sites is 1. The lowest BCUT2D eigenvalue weighted by Crippen LogP contribution is -2.39. The van der Waals surface area contributed by atoms with Crippen molar-refractivity contribution in [1.29, 1.82) is 0 Å². The Hall–Kier alpha value is -2.04. The minimum atomic E-state index is 0. The number of methoxy groups -OCH3 is 1. The quantitative estimate of drug-likeness (QED) is 0.265. The van der Waals surface area contributed by atoms with E-state index in [9.17, 15) is 4.79 Å². The molecule has 2 aromatic rings. The van der Waals surface area contributed by atoms with Crippen molar-refractivity contribution in [3.63, 3.8) is 0 Å². The zero-order valence-electron chi connectivity index (χ0n) is 17.4. The molecule has 160 valence electrons. The van der Waals surface area contributed by atoms with E-state index in [1.54, 1.807) is 18.8 Å². The molecule has 1 N–H and O–H groups in total. The Bertz CT molecular complexity index is 876. The van der Waals surface area contributed by atoms with Crippen molar-refractivity contribution in [3.05, 3.63) is 46.1 Å². The van der Waals surface area contributed by atoms with Crippen LogP contribution in [0.3, 0.4) is 0 Å². The Labute approximate surface area is 189 Å². The van der Waals surface area contributed by atoms with Crippen LogP contribution in [0.2, 0.25) is 0 Å². The van der Waals surface area contributed by atoms with Gasteiger partial charge in [0.05, 0.1) is 7.11 Å². The van der Waals surface area contributed by atoms with E-state index in [0.29, 0.717) is 13.1 Å². The van der Waals surface area contributed by atoms with Gasteiger partial charge in [0.2, 0.25) is 0 Å². The topological polar surface area (TPSA) is 76.7 Å². The maximum Gasteiger partial charge on any atom is 0.345 e. The van der Waals surface area contributed by atoms with E-state index in [1.807, 2.05) is 29.8 Å². The predicted octanol–water partition coefficient (Wildman–Crippen LogP) is 2.11. The SMILES string of the molecule is CN=C(NCCCn1nc2n(c1=O)CCCC2)N(C)Cc1ccccc1OC.I. The molecule has 0 saturated heterocycles. The zero-order valence-corrected chi connectivity index (χ0v) is 19.8. The Morgan fingerprint density at radius 2 is 2.14 bits per heavy atom. The third kappa shape index (κ3) is 5.74. The zero-order chi connectivity index (χ0) is 19.9. The van der Waals surface area contributed by atoms with Gasteiger partial charge in [-0.2, -0.15) is 5.10 Å². The first kappa shape index (κ1) is 23.2. The van der Waals surface area contributed by atoms with Gasteiger partial charge in [-0.15, -0.1) is 24.0 Å². The number of ether oxygens (including phenoxy) is 1. The van der Waals surface area contributed by atoms with Gasteiger partial charge in [-0.1, -0.05) is 18.2 Å². The number of aliphatic imine (C=N–C) groups is 1. The van der Waals surface area contributed by atoms with Crippen LogP contribution in [-0.4, -0.2) is 53.0 Å². The van der Waals surface area contributed by atoms with E-state index >= 15 is 0 Å². The summed E-state index contributed by atoms with van der Waals surface area (Å²) in [5.41, 5.74) is 1.12. The number of halogens is 1. The van der Waals surface area contributed by atoms with Crippen LogP contribution in [0.15, 0.2) is 34.1 Å². The minimum Gasteiger partial charge on any atom is -0.496 e. The summed E-state index contributed by atoms with van der Waals surface area (Å²) in [7, 11) is 5.45. The lowest BCUT2D eigenvalue weighted by Gasteiger charge is -2.23. The Morgan fingerprint density at radius 3 is 2.86 bits per heavy atom. The van der Waals surface area contributed by atoms with E-state index in [4.69, 9.17) is 4.74 Å². The van der Waals surface area contributed by atoms with Crippen LogP contribution in [0.5, 0.6) is 5.75 Å². The van der Waals surface area contributed by atoms with E-state index in [0.717, 1.165) is 61.9 Å². The number of fused-ring (bicyclic) bond motifs is 1. The average Bonchev–Trinajstić information content (AvgIpc) is 3.04. The Kier molecular flexibility index (Phi) is 8.99. The fraction of sp³-hybridized carbons (Fsp3) is 0.550. The molecule has 1 aliphatic heterocycles. The average molecular weight is 514 g/mol. The van der Waals surface area contributed by atoms with Crippen molar-refractivity contribution in [2.24, 2.45) is 4.99 Å². The van der Waals surface area contributed by atoms with E-state index in [-0.39, 0.29) is 29.7 Å². The van der Waals surface area contributed by atoms with Crippen molar-refractivity contribution >= 4 is 29.9 Å². The summed E-state index contributed by atoms with van der Waals surface area (Å²) in [5.74, 6) is 2.60. The second kappa shape index (κ2) is 11.2. The van der Waals surface area contributed by atoms with E-state index in [1.165, 1.54) is 0 Å². The lowest BCUT2D eigenvalue weighted by atomic mass is 10.2. The maximum atomic E-state index is 12.4. The van der Waals surface area contributed by atoms with Gasteiger partial charge in [-0.25, -0.2) is 9.48 Å². The highest BCUT2D eigenvalue weighted by Crippen LogP contribution is 2.18. The van der Waals surface area contributed by atoms with Crippen molar-refractivity contribution in [2.45, 2.75) is 45.3 Å². The van der Waals surface area contributed by atoms with Crippen molar-refractivity contribution in [2.75, 3.05) is 27.7 Å². The second-order valence-corrected chi connectivity index (χ2v) is 7.03. The Balaban J connectivity index is 0.00000300. The molecule has 0 aliphatic carbocycles. The molecular weight excluding hydrogens is 483 g/mol. The third-order valence-electron chi connectivity index (χ3n) is 5.03. The van der Waals surface area contributed by atoms with Gasteiger partial charge in [0, 0.05) is 52.3 Å². The summed E-state index contributed by atoms with van der Waals surface area (Å²) in [5, 5.41) is 7.85. The van der Waals surface area contributed by atoms with Crippen LogP contribution in [0.25, 0.3) is 0 Å². The number of hydrogen-bond acceptors (Lipinski definition) is 4. The van der Waals surface area contributed by atoms with Crippen molar-refractivity contribution < 1.29 is 4.74 Å². The molecular formula is C20H31IN6O2. The summed E-state index contributed by atoms with van der Waals surface area (Å²) in [6, 6.07) is 7.98. The summed E-state index contributed by atoms with van der Waals surface area (Å²) in [6.45, 7) is 2.82. The normalized spacial score (nSPS) is 13.4. The summed E-state index contributed by atoms with van der Waals surface area (Å²) < 4.78 is 8.84. The molecule has 1 aliphatic rings. The number of aryl methyl sites for hydroxylation is 2. The number of benzene rings is 1. The molecule has 3 rings (SSSR count). The summed E-state index contributed by atoms with van der Waals surface area (Å²) in [4.78, 5) is 18.8. The smallest absolute Gasteiger partial charge is 0.345 e. The van der Waals surface area contributed by atoms with Crippen molar-refractivity contribution in [1.82, 2.24) is 24.6 Å². The van der Waals surface area contributed by atoms with Crippen LogP contribution in [0.4, 0.5) is 0 Å². The molecule has 0 radical (unpaired) electrons. The van der Waals surface area contributed by atoms with E-state index in [2.05, 4.69) is 26.4 Å². The third-order valence-corrected chi connectivity index (χ3v) is 5.03. The van der Waals surface area contributed by atoms with Gasteiger partial charge >= 0.3 is 5.69 Å². The molecule has 2 heterocycles. The number of nitrogens with one attached hydrogen (secondary N) is 1. The molecule has 0 bridgehead atoms. The molecule has 1 aromatic carbocycles. The highest BCUT2D eigenvalue weighted by atomic mass is 127. The first-order valence-corrected chi connectivity index (χ1v) is 9.84. The molecule has 9 heteroatoms. The fourth-order valence-corrected chi connectivity index (χ4v) is 3.57. The minimum absolute atomic E-state index is 0. The number of aromatic nitrogens is 3. The number of nitrogens with zero attached hydrogens (tertiary/aromatic N) is 5. The van der Waals surface area contributed by atoms with Gasteiger partial charge in [0.15, 0.2) is 5.96 Å². The lowest BCUT2D eigenvalue weighted by molar-refractivity contribution is 0.395. The molecule has 0 saturated carbocycles. The van der Waals surface area contributed by atoms with Crippen LogP contribution >= 0.6 is 24.0 Å². The van der Waals surface area contributed by atoms with Crippen molar-refractivity contribution in [3.8, 4) is 5.75 Å². The largest absolute Gasteiger partial charge is 0.496 e. The molecule has 0 unspecified atom stereocenters. The van der Waals surface area contributed by atoms with Gasteiger partial charge in [0.1, 0.15) is 11.6 Å². The Morgan fingerprint density at radius 1 is 1.34 bits per heavy atom. The number of rotatable bonds is 7. The molecule has 29 heavy (non-hydrogen) atoms. The summed E-state index contributed by atoms with van der Waals surface area (Å²) in [6.07, 6.45) is 3.89. The molecule has 0 fully saturated rings. The number of hydrogen-bond donors (Lipinski definition) is 1. The van der Waals surface area contributed by atoms with Gasteiger partial charge in [-0.05, 0) is 25.3 Å². The first-order chi connectivity index (χ1) is 13.6. The van der Waals surface area contributed by atoms with Crippen LogP contribution in [-0.2, 0) is 26.1 Å². The van der Waals surface area contributed by atoms with Crippen LogP contribution < -0.4 is 15.7 Å². The highest BCUT2D eigenvalue weighted by Gasteiger charge is 2.16. The van der Waals surface area contributed by atoms with Gasteiger partial charge in [0.25, 0.3) is 0 Å². The van der Waals surface area contributed by atoms with Crippen LogP contribution in [0, 0.1) is 0 Å². The van der Waals surface area contributed by atoms with Crippen LogP contribution in [0.1, 0.15) is 30.7 Å². The fourth-order valence-electron chi connectivity index (χ4n) is 3.57. The molecule has 8 nitrogen and oxygen atoms in total. The maximum absolute atomic E-state index is 12.4. The predicted molar refractivity (Wildman–Crippen MR) is 125 cm³/mol. The summed E-state index contributed by atoms with van der Waals surface area (Å²) >= 11 is 0. The second-order valence-electron chi connectivity index (χ2n) is 7.03. The van der Waals surface area contributed by atoms with Gasteiger partial charge < -0.3 is 15.0 Å². The molecule has 0 spiro atoms. The molecule has 1 aromatic heterocycles. The number of guanidine groups is 1. The monoisotopic (exact) mass is 514 g/mol. The standard InChI is InChI=1S/C20H30N6O2.HI/c1-21-19(24(2)15-16-9-4-5-10-17(16)28-3)22-12-8-14-26-20(27)25-13-7-6-11-18(25)23-26;/h4-5,9-10H,6-8,11-15H2,1-3H3,(H,21,22);1H. The van der Waals surface area contributed by atoms with Gasteiger partial charge in [-0.3, -0.25) is 9.56 Å².